The molecule has 2 aliphatic rings. The van der Waals surface area contributed by atoms with Crippen molar-refractivity contribution in [2.75, 3.05) is 0 Å². The second-order valence-corrected chi connectivity index (χ2v) is 10.2. The van der Waals surface area contributed by atoms with Crippen LogP contribution in [-0.4, -0.2) is 43.1 Å². The number of hydrogen-bond donors (Lipinski definition) is 3. The average Bonchev–Trinajstić information content (AvgIpc) is 3.32. The number of hydrogen-bond acceptors (Lipinski definition) is 5. The summed E-state index contributed by atoms with van der Waals surface area (Å²) in [6.45, 7) is 4.08. The highest BCUT2D eigenvalue weighted by Crippen LogP contribution is 2.36. The SMILES string of the molecule is Cc1cc2c(cc3n2CC(C)(C(=O)NC2CCCCCCC2)N(Cc2ccc(O)c(O)c2)C3=O)o1. The molecule has 3 aromatic rings. The molecule has 5 rings (SSSR count). The number of aryl methyl sites for hydroxylation is 1. The zero-order chi connectivity index (χ0) is 24.7. The molecule has 2 aromatic heterocycles. The van der Waals surface area contributed by atoms with E-state index in [-0.39, 0.29) is 35.9 Å². The van der Waals surface area contributed by atoms with Crippen LogP contribution in [-0.2, 0) is 17.9 Å². The molecule has 1 atom stereocenters. The smallest absolute Gasteiger partial charge is 0.271 e. The van der Waals surface area contributed by atoms with Crippen molar-refractivity contribution in [2.24, 2.45) is 0 Å². The molecule has 1 fully saturated rings. The van der Waals surface area contributed by atoms with E-state index in [0.717, 1.165) is 37.0 Å². The number of carbonyl (C=O) groups excluding carboxylic acids is 2. The molecule has 1 unspecified atom stereocenters. The summed E-state index contributed by atoms with van der Waals surface area (Å²) in [6, 6.07) is 8.20. The molecule has 1 aromatic carbocycles. The molecule has 1 aliphatic carbocycles. The number of phenolic OH excluding ortho intramolecular Hbond substituents is 2. The predicted octanol–water partition coefficient (Wildman–Crippen LogP) is 4.60. The summed E-state index contributed by atoms with van der Waals surface area (Å²) in [5.74, 6) is -0.187. The largest absolute Gasteiger partial charge is 0.504 e. The number of carbonyl (C=O) groups is 2. The Morgan fingerprint density at radius 3 is 2.51 bits per heavy atom. The van der Waals surface area contributed by atoms with E-state index in [0.29, 0.717) is 23.4 Å². The number of aromatic hydroxyl groups is 2. The van der Waals surface area contributed by atoms with Gasteiger partial charge in [-0.1, -0.05) is 38.2 Å². The molecule has 0 bridgehead atoms. The number of phenols is 2. The van der Waals surface area contributed by atoms with Gasteiger partial charge in [0, 0.05) is 24.7 Å². The first-order valence-electron chi connectivity index (χ1n) is 12.5. The number of rotatable bonds is 4. The zero-order valence-corrected chi connectivity index (χ0v) is 20.3. The topological polar surface area (TPSA) is 108 Å². The Kier molecular flexibility index (Phi) is 5.99. The van der Waals surface area contributed by atoms with E-state index in [1.807, 2.05) is 24.5 Å². The minimum Gasteiger partial charge on any atom is -0.504 e. The lowest BCUT2D eigenvalue weighted by molar-refractivity contribution is -0.134. The van der Waals surface area contributed by atoms with E-state index in [9.17, 15) is 19.8 Å². The molecule has 186 valence electrons. The fraction of sp³-hybridized carbons (Fsp3) is 0.481. The molecule has 8 nitrogen and oxygen atoms in total. The van der Waals surface area contributed by atoms with Crippen molar-refractivity contribution in [3.05, 3.63) is 47.3 Å². The van der Waals surface area contributed by atoms with Gasteiger partial charge in [-0.2, -0.15) is 0 Å². The molecule has 1 aliphatic heterocycles. The van der Waals surface area contributed by atoms with Crippen LogP contribution in [0.2, 0.25) is 0 Å². The summed E-state index contributed by atoms with van der Waals surface area (Å²) in [6.07, 6.45) is 7.69. The van der Waals surface area contributed by atoms with Crippen LogP contribution in [0.25, 0.3) is 11.1 Å². The van der Waals surface area contributed by atoms with Crippen molar-refractivity contribution >= 4 is 22.9 Å². The molecule has 2 amide bonds. The highest BCUT2D eigenvalue weighted by atomic mass is 16.3. The third-order valence-corrected chi connectivity index (χ3v) is 7.55. The van der Waals surface area contributed by atoms with Crippen LogP contribution in [0.15, 0.2) is 34.7 Å². The molecule has 3 heterocycles. The summed E-state index contributed by atoms with van der Waals surface area (Å²) < 4.78 is 7.66. The Labute approximate surface area is 204 Å². The lowest BCUT2D eigenvalue weighted by Gasteiger charge is -2.44. The van der Waals surface area contributed by atoms with Gasteiger partial charge < -0.3 is 29.4 Å². The summed E-state index contributed by atoms with van der Waals surface area (Å²) >= 11 is 0. The van der Waals surface area contributed by atoms with E-state index in [4.69, 9.17) is 4.42 Å². The lowest BCUT2D eigenvalue weighted by atomic mass is 9.91. The maximum absolute atomic E-state index is 13.9. The standard InChI is InChI=1S/C27H33N3O5/c1-17-12-20-24(35-17)14-21-25(33)30(15-18-10-11-22(31)23(32)13-18)27(2,16-29(20)21)26(34)28-19-8-6-4-3-5-7-9-19/h10-14,19,31-32H,3-9,15-16H2,1-2H3,(H,28,34). The van der Waals surface area contributed by atoms with Gasteiger partial charge in [0.1, 0.15) is 17.0 Å². The zero-order valence-electron chi connectivity index (χ0n) is 20.3. The molecule has 3 N–H and O–H groups in total. The molecule has 8 heteroatoms. The van der Waals surface area contributed by atoms with Crippen LogP contribution in [0.1, 0.15) is 73.7 Å². The molecule has 35 heavy (non-hydrogen) atoms. The highest BCUT2D eigenvalue weighted by molar-refractivity contribution is 6.03. The minimum atomic E-state index is -1.16. The molecule has 0 saturated heterocycles. The summed E-state index contributed by atoms with van der Waals surface area (Å²) in [5, 5.41) is 23.0. The van der Waals surface area contributed by atoms with Gasteiger partial charge in [0.25, 0.3) is 5.91 Å². The maximum Gasteiger partial charge on any atom is 0.271 e. The van der Waals surface area contributed by atoms with Crippen LogP contribution in [0, 0.1) is 6.92 Å². The second kappa shape index (κ2) is 8.98. The number of aromatic nitrogens is 1. The van der Waals surface area contributed by atoms with Crippen LogP contribution >= 0.6 is 0 Å². The Morgan fingerprint density at radius 2 is 1.80 bits per heavy atom. The number of furan rings is 1. The van der Waals surface area contributed by atoms with Gasteiger partial charge in [-0.3, -0.25) is 9.59 Å². The summed E-state index contributed by atoms with van der Waals surface area (Å²) in [4.78, 5) is 29.3. The van der Waals surface area contributed by atoms with E-state index in [1.165, 1.54) is 31.4 Å². The van der Waals surface area contributed by atoms with Crippen molar-refractivity contribution in [3.63, 3.8) is 0 Å². The molecular formula is C27H33N3O5. The number of fused-ring (bicyclic) bond motifs is 3. The fourth-order valence-electron chi connectivity index (χ4n) is 5.50. The lowest BCUT2D eigenvalue weighted by Crippen LogP contribution is -2.64. The van der Waals surface area contributed by atoms with Crippen molar-refractivity contribution < 1.29 is 24.2 Å². The van der Waals surface area contributed by atoms with Crippen molar-refractivity contribution in [3.8, 4) is 11.5 Å². The Hall–Kier alpha value is -3.42. The first kappa shape index (κ1) is 23.3. The minimum absolute atomic E-state index is 0.0940. The first-order chi connectivity index (χ1) is 16.8. The van der Waals surface area contributed by atoms with E-state index >= 15 is 0 Å². The van der Waals surface area contributed by atoms with Crippen molar-refractivity contribution in [1.29, 1.82) is 0 Å². The third-order valence-electron chi connectivity index (χ3n) is 7.55. The predicted molar refractivity (Wildman–Crippen MR) is 131 cm³/mol. The summed E-state index contributed by atoms with van der Waals surface area (Å²) in [7, 11) is 0. The van der Waals surface area contributed by atoms with Gasteiger partial charge in [-0.05, 0) is 44.4 Å². The number of nitrogens with one attached hydrogen (secondary N) is 1. The molecule has 0 spiro atoms. The van der Waals surface area contributed by atoms with Crippen LogP contribution in [0.3, 0.4) is 0 Å². The van der Waals surface area contributed by atoms with Gasteiger partial charge in [-0.25, -0.2) is 0 Å². The molecular weight excluding hydrogens is 446 g/mol. The van der Waals surface area contributed by atoms with E-state index in [2.05, 4.69) is 5.32 Å². The Morgan fingerprint density at radius 1 is 1.09 bits per heavy atom. The Balaban J connectivity index is 1.51. The van der Waals surface area contributed by atoms with Gasteiger partial charge in [0.15, 0.2) is 17.1 Å². The summed E-state index contributed by atoms with van der Waals surface area (Å²) in [5.41, 5.74) is 1.36. The number of benzene rings is 1. The first-order valence-corrected chi connectivity index (χ1v) is 12.5. The second-order valence-electron chi connectivity index (χ2n) is 10.2. The van der Waals surface area contributed by atoms with Crippen LogP contribution in [0.4, 0.5) is 0 Å². The van der Waals surface area contributed by atoms with Gasteiger partial charge in [0.05, 0.1) is 12.1 Å². The van der Waals surface area contributed by atoms with Crippen LogP contribution < -0.4 is 5.32 Å². The maximum atomic E-state index is 13.9. The average molecular weight is 480 g/mol. The quantitative estimate of drug-likeness (QED) is 0.474. The molecule has 0 radical (unpaired) electrons. The Bertz CT molecular complexity index is 1270. The van der Waals surface area contributed by atoms with E-state index in [1.54, 1.807) is 17.0 Å². The van der Waals surface area contributed by atoms with Gasteiger partial charge >= 0.3 is 0 Å². The normalized spacial score (nSPS) is 21.5. The van der Waals surface area contributed by atoms with Gasteiger partial charge in [0.2, 0.25) is 5.91 Å². The van der Waals surface area contributed by atoms with Crippen LogP contribution in [0.5, 0.6) is 11.5 Å². The third kappa shape index (κ3) is 4.26. The van der Waals surface area contributed by atoms with E-state index < -0.39 is 5.54 Å². The van der Waals surface area contributed by atoms with Gasteiger partial charge in [-0.15, -0.1) is 0 Å². The number of amides is 2. The van der Waals surface area contributed by atoms with Crippen molar-refractivity contribution in [1.82, 2.24) is 14.8 Å². The fourth-order valence-corrected chi connectivity index (χ4v) is 5.50. The molecule has 1 saturated carbocycles. The number of nitrogens with zero attached hydrogens (tertiary/aromatic N) is 2. The monoisotopic (exact) mass is 479 g/mol. The highest BCUT2D eigenvalue weighted by Gasteiger charge is 2.48. The van der Waals surface area contributed by atoms with Crippen molar-refractivity contribution in [2.45, 2.75) is 83.5 Å².